The molecule has 5 heteroatoms. The second-order valence-electron chi connectivity index (χ2n) is 5.36. The summed E-state index contributed by atoms with van der Waals surface area (Å²) in [6.45, 7) is 2.49. The lowest BCUT2D eigenvalue weighted by Gasteiger charge is -2.13. The maximum Gasteiger partial charge on any atom is 0.315 e. The van der Waals surface area contributed by atoms with Crippen LogP contribution < -0.4 is 10.6 Å². The molecule has 2 atom stereocenters. The summed E-state index contributed by atoms with van der Waals surface area (Å²) in [7, 11) is 0. The third kappa shape index (κ3) is 3.98. The third-order valence-corrected chi connectivity index (χ3v) is 3.69. The first-order chi connectivity index (χ1) is 9.54. The number of aliphatic carboxylic acids is 1. The van der Waals surface area contributed by atoms with Gasteiger partial charge in [0.15, 0.2) is 0 Å². The molecule has 0 aliphatic heterocycles. The van der Waals surface area contributed by atoms with Crippen LogP contribution in [0.5, 0.6) is 0 Å². The van der Waals surface area contributed by atoms with Crippen LogP contribution in [0.1, 0.15) is 30.4 Å². The zero-order valence-corrected chi connectivity index (χ0v) is 11.6. The molecule has 5 nitrogen and oxygen atoms in total. The summed E-state index contributed by atoms with van der Waals surface area (Å²) in [5.41, 5.74) is 2.23. The van der Waals surface area contributed by atoms with E-state index in [1.807, 2.05) is 31.2 Å². The van der Waals surface area contributed by atoms with Gasteiger partial charge in [-0.1, -0.05) is 29.8 Å². The summed E-state index contributed by atoms with van der Waals surface area (Å²) in [4.78, 5) is 22.6. The summed E-state index contributed by atoms with van der Waals surface area (Å²) in [6.07, 6.45) is 1.89. The number of carbonyl (C=O) groups excluding carboxylic acids is 1. The van der Waals surface area contributed by atoms with E-state index in [9.17, 15) is 9.59 Å². The highest BCUT2D eigenvalue weighted by Gasteiger charge is 2.30. The first kappa shape index (κ1) is 14.4. The number of benzene rings is 1. The zero-order valence-electron chi connectivity index (χ0n) is 11.6. The Hall–Kier alpha value is -2.04. The fraction of sp³-hybridized carbons (Fsp3) is 0.467. The highest BCUT2D eigenvalue weighted by atomic mass is 16.4. The molecule has 2 rings (SSSR count). The largest absolute Gasteiger partial charge is 0.481 e. The summed E-state index contributed by atoms with van der Waals surface area (Å²) in [5, 5.41) is 14.5. The first-order valence-corrected chi connectivity index (χ1v) is 6.87. The highest BCUT2D eigenvalue weighted by Crippen LogP contribution is 2.25. The Morgan fingerprint density at radius 1 is 1.25 bits per heavy atom. The SMILES string of the molecule is Cc1ccc(CNC(=O)NC2CCC(C(=O)O)C2)cc1. The summed E-state index contributed by atoms with van der Waals surface area (Å²) in [6, 6.07) is 7.69. The van der Waals surface area contributed by atoms with Crippen molar-refractivity contribution < 1.29 is 14.7 Å². The van der Waals surface area contributed by atoms with E-state index in [1.165, 1.54) is 5.56 Å². The minimum atomic E-state index is -0.769. The van der Waals surface area contributed by atoms with Crippen LogP contribution in [-0.2, 0) is 11.3 Å². The van der Waals surface area contributed by atoms with Gasteiger partial charge in [-0.2, -0.15) is 0 Å². The molecule has 0 heterocycles. The van der Waals surface area contributed by atoms with Crippen LogP contribution in [0.2, 0.25) is 0 Å². The lowest BCUT2D eigenvalue weighted by molar-refractivity contribution is -0.141. The third-order valence-electron chi connectivity index (χ3n) is 3.69. The number of hydrogen-bond donors (Lipinski definition) is 3. The number of rotatable bonds is 4. The van der Waals surface area contributed by atoms with Crippen LogP contribution in [0.4, 0.5) is 4.79 Å². The first-order valence-electron chi connectivity index (χ1n) is 6.87. The molecule has 0 bridgehead atoms. The summed E-state index contributed by atoms with van der Waals surface area (Å²) < 4.78 is 0. The molecule has 0 radical (unpaired) electrons. The van der Waals surface area contributed by atoms with Crippen molar-refractivity contribution in [1.82, 2.24) is 10.6 Å². The number of urea groups is 1. The maximum atomic E-state index is 11.7. The monoisotopic (exact) mass is 276 g/mol. The Bertz CT molecular complexity index is 484. The number of nitrogens with one attached hydrogen (secondary N) is 2. The fourth-order valence-corrected chi connectivity index (χ4v) is 2.46. The van der Waals surface area contributed by atoms with Crippen LogP contribution in [0.15, 0.2) is 24.3 Å². The molecule has 1 aliphatic carbocycles. The summed E-state index contributed by atoms with van der Waals surface area (Å²) in [5.74, 6) is -1.09. The molecule has 20 heavy (non-hydrogen) atoms. The molecule has 1 fully saturated rings. The fourth-order valence-electron chi connectivity index (χ4n) is 2.46. The average molecular weight is 276 g/mol. The van der Waals surface area contributed by atoms with E-state index >= 15 is 0 Å². The quantitative estimate of drug-likeness (QED) is 0.787. The van der Waals surface area contributed by atoms with Crippen molar-refractivity contribution in [3.05, 3.63) is 35.4 Å². The molecule has 1 aromatic carbocycles. The highest BCUT2D eigenvalue weighted by molar-refractivity contribution is 5.75. The Balaban J connectivity index is 1.73. The van der Waals surface area contributed by atoms with Gasteiger partial charge in [0.25, 0.3) is 0 Å². The van der Waals surface area contributed by atoms with Crippen molar-refractivity contribution >= 4 is 12.0 Å². The van der Waals surface area contributed by atoms with Gasteiger partial charge in [-0.3, -0.25) is 4.79 Å². The second-order valence-corrected chi connectivity index (χ2v) is 5.36. The van der Waals surface area contributed by atoms with E-state index < -0.39 is 5.97 Å². The zero-order chi connectivity index (χ0) is 14.5. The predicted molar refractivity (Wildman–Crippen MR) is 75.3 cm³/mol. The molecule has 0 saturated heterocycles. The molecule has 1 aromatic rings. The molecule has 2 amide bonds. The maximum absolute atomic E-state index is 11.7. The molecule has 1 aliphatic rings. The van der Waals surface area contributed by atoms with Gasteiger partial charge in [-0.15, -0.1) is 0 Å². The van der Waals surface area contributed by atoms with E-state index in [0.29, 0.717) is 19.4 Å². The minimum absolute atomic E-state index is 0.0332. The van der Waals surface area contributed by atoms with Crippen LogP contribution in [0, 0.1) is 12.8 Å². The van der Waals surface area contributed by atoms with Crippen molar-refractivity contribution in [1.29, 1.82) is 0 Å². The Morgan fingerprint density at radius 2 is 1.95 bits per heavy atom. The average Bonchev–Trinajstić information content (AvgIpc) is 2.87. The number of carbonyl (C=O) groups is 2. The van der Waals surface area contributed by atoms with Crippen LogP contribution in [-0.4, -0.2) is 23.1 Å². The van der Waals surface area contributed by atoms with Crippen LogP contribution >= 0.6 is 0 Å². The van der Waals surface area contributed by atoms with Crippen LogP contribution in [0.25, 0.3) is 0 Å². The molecule has 0 spiro atoms. The molecule has 0 aromatic heterocycles. The van der Waals surface area contributed by atoms with E-state index in [1.54, 1.807) is 0 Å². The number of hydrogen-bond acceptors (Lipinski definition) is 2. The molecular formula is C15H20N2O3. The standard InChI is InChI=1S/C15H20N2O3/c1-10-2-4-11(5-3-10)9-16-15(20)17-13-7-6-12(8-13)14(18)19/h2-5,12-13H,6-9H2,1H3,(H,18,19)(H2,16,17,20). The van der Waals surface area contributed by atoms with Crippen molar-refractivity contribution in [2.75, 3.05) is 0 Å². The molecular weight excluding hydrogens is 256 g/mol. The van der Waals surface area contributed by atoms with Crippen LogP contribution in [0.3, 0.4) is 0 Å². The number of aryl methyl sites for hydroxylation is 1. The van der Waals surface area contributed by atoms with Gasteiger partial charge < -0.3 is 15.7 Å². The van der Waals surface area contributed by atoms with E-state index in [-0.39, 0.29) is 18.0 Å². The van der Waals surface area contributed by atoms with Gasteiger partial charge in [-0.05, 0) is 31.7 Å². The van der Waals surface area contributed by atoms with E-state index in [4.69, 9.17) is 5.11 Å². The van der Waals surface area contributed by atoms with Crippen molar-refractivity contribution in [2.24, 2.45) is 5.92 Å². The van der Waals surface area contributed by atoms with Gasteiger partial charge in [0.05, 0.1) is 5.92 Å². The number of carboxylic acid groups (broad SMARTS) is 1. The lowest BCUT2D eigenvalue weighted by atomic mass is 10.1. The molecule has 2 unspecified atom stereocenters. The molecule has 108 valence electrons. The van der Waals surface area contributed by atoms with Gasteiger partial charge in [0.1, 0.15) is 0 Å². The van der Waals surface area contributed by atoms with Gasteiger partial charge in [-0.25, -0.2) is 4.79 Å². The van der Waals surface area contributed by atoms with Gasteiger partial charge >= 0.3 is 12.0 Å². The van der Waals surface area contributed by atoms with E-state index in [2.05, 4.69) is 10.6 Å². The van der Waals surface area contributed by atoms with E-state index in [0.717, 1.165) is 12.0 Å². The number of amides is 2. The van der Waals surface area contributed by atoms with Crippen molar-refractivity contribution in [2.45, 2.75) is 38.8 Å². The Labute approximate surface area is 118 Å². The second kappa shape index (κ2) is 6.41. The lowest BCUT2D eigenvalue weighted by Crippen LogP contribution is -2.40. The van der Waals surface area contributed by atoms with Gasteiger partial charge in [0.2, 0.25) is 0 Å². The minimum Gasteiger partial charge on any atom is -0.481 e. The van der Waals surface area contributed by atoms with Crippen molar-refractivity contribution in [3.8, 4) is 0 Å². The number of carboxylic acids is 1. The smallest absolute Gasteiger partial charge is 0.315 e. The predicted octanol–water partition coefficient (Wildman–Crippen LogP) is 2.05. The molecule has 1 saturated carbocycles. The van der Waals surface area contributed by atoms with Crippen molar-refractivity contribution in [3.63, 3.8) is 0 Å². The molecule has 3 N–H and O–H groups in total. The normalized spacial score (nSPS) is 21.4. The summed E-state index contributed by atoms with van der Waals surface area (Å²) >= 11 is 0. The van der Waals surface area contributed by atoms with Gasteiger partial charge in [0, 0.05) is 12.6 Å². The topological polar surface area (TPSA) is 78.4 Å². The Kier molecular flexibility index (Phi) is 4.61. The Morgan fingerprint density at radius 3 is 2.55 bits per heavy atom.